The van der Waals surface area contributed by atoms with Gasteiger partial charge in [-0.1, -0.05) is 13.8 Å². The first-order valence-corrected chi connectivity index (χ1v) is 30.4. The molecule has 4 aromatic carbocycles. The standard InChI is InChI=1S/2C26H40O3S.Pb/c2*1-3-5-7-9-11-13-17-22-21-23-18-15-16-20-25(23)26(30(27,28)29)24(22)19-14-12-10-8-6-4-2;/h2*15-16,18,20-21H,3-14,17,19H2,1-2H3,(H,27,28,29);/q;;+2/p-2. The molecule has 0 aliphatic rings. The van der Waals surface area contributed by atoms with E-state index in [9.17, 15) is 16.8 Å². The van der Waals surface area contributed by atoms with Crippen LogP contribution < -0.4 is 0 Å². The fourth-order valence-corrected chi connectivity index (χ4v) is 16.4. The van der Waals surface area contributed by atoms with Gasteiger partial charge in [0, 0.05) is 0 Å². The van der Waals surface area contributed by atoms with Crippen LogP contribution in [0.2, 0.25) is 0 Å². The summed E-state index contributed by atoms with van der Waals surface area (Å²) >= 11 is -3.23. The van der Waals surface area contributed by atoms with Crippen molar-refractivity contribution in [3.63, 3.8) is 0 Å². The average Bonchev–Trinajstić information content (AvgIpc) is 3.25. The summed E-state index contributed by atoms with van der Waals surface area (Å²) in [5.74, 6) is 0. The average molecular weight is 1070 g/mol. The summed E-state index contributed by atoms with van der Waals surface area (Å²) in [6, 6.07) is 19.7. The molecule has 6 nitrogen and oxygen atoms in total. The zero-order valence-electron chi connectivity index (χ0n) is 38.3. The topological polar surface area (TPSA) is 86.7 Å². The molecule has 0 spiro atoms. The van der Waals surface area contributed by atoms with E-state index < -0.39 is 45.4 Å². The van der Waals surface area contributed by atoms with Crippen LogP contribution in [0.25, 0.3) is 21.5 Å². The van der Waals surface area contributed by atoms with E-state index in [0.717, 1.165) is 110 Å². The predicted octanol–water partition coefficient (Wildman–Crippen LogP) is 15.2. The molecule has 0 fully saturated rings. The number of hydrogen-bond acceptors (Lipinski definition) is 6. The normalized spacial score (nSPS) is 12.3. The fraction of sp³-hybridized carbons (Fsp3) is 0.615. The SMILES string of the molecule is CCCCCCCCc1cc2ccccc2c(S(=O)(=O)[O][Pb][O]S(=O)(=O)c2c(CCCCCCCC)c(CCCCCCCC)cc3ccccc23)c1CCCCCCCC. The molecule has 0 saturated heterocycles. The van der Waals surface area contributed by atoms with Crippen molar-refractivity contribution in [3.05, 3.63) is 82.9 Å². The van der Waals surface area contributed by atoms with E-state index in [0.29, 0.717) is 23.6 Å². The zero-order valence-corrected chi connectivity index (χ0v) is 43.9. The van der Waals surface area contributed by atoms with Crippen LogP contribution in [-0.4, -0.2) is 42.0 Å². The number of hydrogen-bond donors (Lipinski definition) is 0. The van der Waals surface area contributed by atoms with Gasteiger partial charge in [-0.2, -0.15) is 0 Å². The fourth-order valence-electron chi connectivity index (χ4n) is 8.93. The summed E-state index contributed by atoms with van der Waals surface area (Å²) in [6.07, 6.45) is 30.1. The molecule has 0 bridgehead atoms. The second-order valence-corrected chi connectivity index (χ2v) is 24.9. The Hall–Kier alpha value is -1.86. The van der Waals surface area contributed by atoms with Gasteiger partial charge in [0.2, 0.25) is 0 Å². The third-order valence-electron chi connectivity index (χ3n) is 12.3. The molecule has 2 radical (unpaired) electrons. The molecule has 0 amide bonds. The molecular formula is C52H78O6PbS2. The van der Waals surface area contributed by atoms with Crippen LogP contribution in [0.3, 0.4) is 0 Å². The van der Waals surface area contributed by atoms with E-state index in [1.807, 2.05) is 48.5 Å². The molecule has 0 heterocycles. The Balaban J connectivity index is 1.66. The molecule has 4 aromatic rings. The van der Waals surface area contributed by atoms with Crippen LogP contribution in [0.4, 0.5) is 0 Å². The van der Waals surface area contributed by atoms with Crippen LogP contribution in [-0.2, 0) is 50.2 Å². The van der Waals surface area contributed by atoms with E-state index in [-0.39, 0.29) is 9.79 Å². The molecule has 0 N–H and O–H groups in total. The van der Waals surface area contributed by atoms with Gasteiger partial charge < -0.3 is 0 Å². The Bertz CT molecular complexity index is 1950. The van der Waals surface area contributed by atoms with E-state index in [1.165, 1.54) is 89.9 Å². The van der Waals surface area contributed by atoms with E-state index in [4.69, 9.17) is 4.27 Å². The third kappa shape index (κ3) is 16.9. The van der Waals surface area contributed by atoms with E-state index in [2.05, 4.69) is 39.8 Å². The summed E-state index contributed by atoms with van der Waals surface area (Å²) in [5.41, 5.74) is 3.81. The van der Waals surface area contributed by atoms with Crippen molar-refractivity contribution >= 4 is 66.9 Å². The molecule has 0 aliphatic heterocycles. The molecule has 9 heteroatoms. The monoisotopic (exact) mass is 1070 g/mol. The van der Waals surface area contributed by atoms with Crippen molar-refractivity contribution in [2.45, 2.75) is 217 Å². The molecule has 0 atom stereocenters. The third-order valence-corrected chi connectivity index (χ3v) is 21.6. The molecule has 0 aromatic heterocycles. The Morgan fingerprint density at radius 1 is 0.393 bits per heavy atom. The van der Waals surface area contributed by atoms with Crippen LogP contribution in [0, 0.1) is 0 Å². The number of benzene rings is 4. The van der Waals surface area contributed by atoms with Gasteiger partial charge in [-0.25, -0.2) is 0 Å². The zero-order chi connectivity index (χ0) is 43.8. The van der Waals surface area contributed by atoms with Crippen molar-refractivity contribution in [2.75, 3.05) is 0 Å². The summed E-state index contributed by atoms with van der Waals surface area (Å²) in [7, 11) is -8.70. The van der Waals surface area contributed by atoms with Gasteiger partial charge in [0.05, 0.1) is 0 Å². The van der Waals surface area contributed by atoms with Crippen molar-refractivity contribution in [1.29, 1.82) is 0 Å². The Kier molecular flexibility index (Phi) is 24.5. The number of fused-ring (bicyclic) bond motifs is 2. The molecule has 61 heavy (non-hydrogen) atoms. The Labute approximate surface area is 385 Å². The van der Waals surface area contributed by atoms with Gasteiger partial charge in [-0.3, -0.25) is 0 Å². The second kappa shape index (κ2) is 28.8. The van der Waals surface area contributed by atoms with Gasteiger partial charge in [-0.05, 0) is 0 Å². The molecular weight excluding hydrogens is 992 g/mol. The van der Waals surface area contributed by atoms with Crippen LogP contribution in [0.5, 0.6) is 0 Å². The Morgan fingerprint density at radius 3 is 1.03 bits per heavy atom. The van der Waals surface area contributed by atoms with Crippen LogP contribution in [0.15, 0.2) is 70.5 Å². The van der Waals surface area contributed by atoms with Gasteiger partial charge in [-0.15, -0.1) is 0 Å². The number of rotatable bonds is 34. The summed E-state index contributed by atoms with van der Waals surface area (Å²) in [4.78, 5) is 0.424. The van der Waals surface area contributed by atoms with Crippen molar-refractivity contribution in [1.82, 2.24) is 0 Å². The summed E-state index contributed by atoms with van der Waals surface area (Å²) < 4.78 is 70.2. The van der Waals surface area contributed by atoms with Gasteiger partial charge in [0.25, 0.3) is 0 Å². The first kappa shape index (κ1) is 51.8. The summed E-state index contributed by atoms with van der Waals surface area (Å²) in [6.45, 7) is 8.88. The number of unbranched alkanes of at least 4 members (excludes halogenated alkanes) is 20. The first-order valence-electron chi connectivity index (χ1n) is 24.4. The molecule has 0 aliphatic carbocycles. The van der Waals surface area contributed by atoms with E-state index in [1.54, 1.807) is 0 Å². The second-order valence-electron chi connectivity index (χ2n) is 17.4. The first-order chi connectivity index (χ1) is 29.7. The number of aryl methyl sites for hydroxylation is 2. The maximum absolute atomic E-state index is 14.6. The van der Waals surface area contributed by atoms with Crippen molar-refractivity contribution in [2.24, 2.45) is 0 Å². The maximum atomic E-state index is 14.6. The Morgan fingerprint density at radius 2 is 0.689 bits per heavy atom. The minimum atomic E-state index is -4.35. The van der Waals surface area contributed by atoms with E-state index >= 15 is 0 Å². The summed E-state index contributed by atoms with van der Waals surface area (Å²) in [5, 5.41) is 3.01. The quantitative estimate of drug-likeness (QED) is 0.0342. The molecule has 0 unspecified atom stereocenters. The van der Waals surface area contributed by atoms with Gasteiger partial charge in [0.15, 0.2) is 0 Å². The van der Waals surface area contributed by atoms with Gasteiger partial charge >= 0.3 is 374 Å². The minimum absolute atomic E-state index is 0.212. The predicted molar refractivity (Wildman–Crippen MR) is 259 cm³/mol. The van der Waals surface area contributed by atoms with Crippen LogP contribution >= 0.6 is 0 Å². The molecule has 4 rings (SSSR count). The van der Waals surface area contributed by atoms with Gasteiger partial charge in [0.1, 0.15) is 0 Å². The van der Waals surface area contributed by atoms with Crippen molar-refractivity contribution in [3.8, 4) is 0 Å². The van der Waals surface area contributed by atoms with Crippen LogP contribution in [0.1, 0.15) is 204 Å². The van der Waals surface area contributed by atoms with Crippen molar-refractivity contribution < 1.29 is 21.1 Å². The molecule has 338 valence electrons. The molecule has 0 saturated carbocycles.